The lowest BCUT2D eigenvalue weighted by Gasteiger charge is -2.36. The average molecular weight is 360 g/mol. The lowest BCUT2D eigenvalue weighted by atomic mass is 10.1. The average Bonchev–Trinajstić information content (AvgIpc) is 2.63. The molecule has 0 aromatic heterocycles. The van der Waals surface area contributed by atoms with Gasteiger partial charge in [-0.05, 0) is 17.7 Å². The van der Waals surface area contributed by atoms with Crippen LogP contribution < -0.4 is 4.90 Å². The Bertz CT molecular complexity index is 771. The number of nitrogens with zero attached hydrogens (tertiary/aromatic N) is 3. The van der Waals surface area contributed by atoms with Crippen LogP contribution in [-0.2, 0) is 11.2 Å². The molecule has 6 nitrogen and oxygen atoms in total. The minimum atomic E-state index is -0.445. The summed E-state index contributed by atoms with van der Waals surface area (Å²) >= 11 is 6.23. The van der Waals surface area contributed by atoms with Gasteiger partial charge < -0.3 is 9.80 Å². The first-order chi connectivity index (χ1) is 12.0. The van der Waals surface area contributed by atoms with Crippen LogP contribution in [0.3, 0.4) is 0 Å². The van der Waals surface area contributed by atoms with Crippen molar-refractivity contribution < 1.29 is 9.72 Å². The zero-order valence-corrected chi connectivity index (χ0v) is 14.4. The first-order valence-corrected chi connectivity index (χ1v) is 8.43. The summed E-state index contributed by atoms with van der Waals surface area (Å²) < 4.78 is 0. The number of non-ortho nitro benzene ring substituents is 1. The van der Waals surface area contributed by atoms with E-state index in [-0.39, 0.29) is 18.0 Å². The van der Waals surface area contributed by atoms with Gasteiger partial charge in [0.1, 0.15) is 0 Å². The number of nitro groups is 1. The van der Waals surface area contributed by atoms with Crippen molar-refractivity contribution in [2.24, 2.45) is 0 Å². The van der Waals surface area contributed by atoms with Gasteiger partial charge in [-0.15, -0.1) is 0 Å². The number of anilines is 1. The zero-order valence-electron chi connectivity index (χ0n) is 13.6. The highest BCUT2D eigenvalue weighted by molar-refractivity contribution is 6.33. The van der Waals surface area contributed by atoms with Gasteiger partial charge in [-0.2, -0.15) is 0 Å². The van der Waals surface area contributed by atoms with Gasteiger partial charge in [-0.3, -0.25) is 14.9 Å². The maximum Gasteiger partial charge on any atom is 0.269 e. The van der Waals surface area contributed by atoms with Crippen LogP contribution in [0.25, 0.3) is 0 Å². The number of benzene rings is 2. The number of hydrogen-bond acceptors (Lipinski definition) is 4. The fourth-order valence-corrected chi connectivity index (χ4v) is 3.18. The van der Waals surface area contributed by atoms with Crippen molar-refractivity contribution >= 4 is 28.9 Å². The Morgan fingerprint density at radius 3 is 2.28 bits per heavy atom. The van der Waals surface area contributed by atoms with Crippen molar-refractivity contribution in [2.45, 2.75) is 6.42 Å². The lowest BCUT2D eigenvalue weighted by Crippen LogP contribution is -2.49. The summed E-state index contributed by atoms with van der Waals surface area (Å²) in [5.41, 5.74) is 1.81. The van der Waals surface area contributed by atoms with Crippen molar-refractivity contribution in [1.82, 2.24) is 4.90 Å². The molecular weight excluding hydrogens is 342 g/mol. The van der Waals surface area contributed by atoms with Crippen molar-refractivity contribution in [3.05, 3.63) is 69.2 Å². The Balaban J connectivity index is 1.56. The third-order valence-corrected chi connectivity index (χ3v) is 4.65. The monoisotopic (exact) mass is 359 g/mol. The highest BCUT2D eigenvalue weighted by atomic mass is 35.5. The molecule has 2 aromatic rings. The molecule has 0 radical (unpaired) electrons. The number of rotatable bonds is 4. The number of piperazine rings is 1. The molecule has 1 aliphatic rings. The number of para-hydroxylation sites is 1. The van der Waals surface area contributed by atoms with Crippen LogP contribution in [0.4, 0.5) is 11.4 Å². The molecule has 7 heteroatoms. The van der Waals surface area contributed by atoms with Gasteiger partial charge in [0, 0.05) is 38.3 Å². The minimum absolute atomic E-state index is 0.0320. The maximum absolute atomic E-state index is 12.4. The molecule has 0 N–H and O–H groups in total. The largest absolute Gasteiger partial charge is 0.367 e. The summed E-state index contributed by atoms with van der Waals surface area (Å²) in [5, 5.41) is 11.4. The first-order valence-electron chi connectivity index (χ1n) is 8.05. The molecule has 0 unspecified atom stereocenters. The molecule has 25 heavy (non-hydrogen) atoms. The van der Waals surface area contributed by atoms with E-state index >= 15 is 0 Å². The van der Waals surface area contributed by atoms with Gasteiger partial charge in [0.15, 0.2) is 0 Å². The number of carbonyl (C=O) groups excluding carboxylic acids is 1. The fraction of sp³-hybridized carbons (Fsp3) is 0.278. The number of amides is 1. The van der Waals surface area contributed by atoms with Gasteiger partial charge in [-0.1, -0.05) is 35.9 Å². The van der Waals surface area contributed by atoms with E-state index in [9.17, 15) is 14.9 Å². The summed E-state index contributed by atoms with van der Waals surface area (Å²) in [7, 11) is 0. The molecule has 0 spiro atoms. The Labute approximate surface area is 150 Å². The quantitative estimate of drug-likeness (QED) is 0.621. The summed E-state index contributed by atoms with van der Waals surface area (Å²) in [4.78, 5) is 26.7. The van der Waals surface area contributed by atoms with E-state index in [1.807, 2.05) is 29.2 Å². The van der Waals surface area contributed by atoms with Crippen LogP contribution >= 0.6 is 11.6 Å². The Kier molecular flexibility index (Phi) is 5.19. The molecule has 1 amide bonds. The van der Waals surface area contributed by atoms with E-state index in [1.165, 1.54) is 12.1 Å². The van der Waals surface area contributed by atoms with E-state index in [2.05, 4.69) is 4.90 Å². The second kappa shape index (κ2) is 7.53. The molecule has 0 aliphatic carbocycles. The van der Waals surface area contributed by atoms with Crippen molar-refractivity contribution in [1.29, 1.82) is 0 Å². The summed E-state index contributed by atoms with van der Waals surface area (Å²) in [5.74, 6) is 0.0349. The van der Waals surface area contributed by atoms with Crippen LogP contribution in [-0.4, -0.2) is 41.9 Å². The minimum Gasteiger partial charge on any atom is -0.367 e. The standard InChI is InChI=1S/C18H18ClN3O3/c19-16-3-1-2-4-17(16)20-9-11-21(12-10-20)18(23)13-14-5-7-15(8-6-14)22(24)25/h1-8H,9-13H2. The number of halogens is 1. The van der Waals surface area contributed by atoms with Gasteiger partial charge in [0.05, 0.1) is 22.1 Å². The molecule has 1 aliphatic heterocycles. The fourth-order valence-electron chi connectivity index (χ4n) is 2.93. The Hall–Kier alpha value is -2.60. The van der Waals surface area contributed by atoms with E-state index in [4.69, 9.17) is 11.6 Å². The zero-order chi connectivity index (χ0) is 17.8. The summed E-state index contributed by atoms with van der Waals surface area (Å²) in [6, 6.07) is 13.8. The van der Waals surface area contributed by atoms with Crippen LogP contribution in [0, 0.1) is 10.1 Å². The van der Waals surface area contributed by atoms with Crippen molar-refractivity contribution in [2.75, 3.05) is 31.1 Å². The lowest BCUT2D eigenvalue weighted by molar-refractivity contribution is -0.384. The number of carbonyl (C=O) groups is 1. The van der Waals surface area contributed by atoms with Crippen LogP contribution in [0.2, 0.25) is 5.02 Å². The van der Waals surface area contributed by atoms with Gasteiger partial charge >= 0.3 is 0 Å². The van der Waals surface area contributed by atoms with Crippen LogP contribution in [0.5, 0.6) is 0 Å². The van der Waals surface area contributed by atoms with Crippen molar-refractivity contribution in [3.8, 4) is 0 Å². The maximum atomic E-state index is 12.4. The molecule has 3 rings (SSSR count). The topological polar surface area (TPSA) is 66.7 Å². The predicted molar refractivity (Wildman–Crippen MR) is 97.0 cm³/mol. The highest BCUT2D eigenvalue weighted by Crippen LogP contribution is 2.26. The molecule has 1 heterocycles. The van der Waals surface area contributed by atoms with E-state index in [0.29, 0.717) is 18.1 Å². The first kappa shape index (κ1) is 17.2. The molecule has 0 saturated carbocycles. The van der Waals surface area contributed by atoms with Gasteiger partial charge in [0.2, 0.25) is 5.91 Å². The van der Waals surface area contributed by atoms with Crippen molar-refractivity contribution in [3.63, 3.8) is 0 Å². The molecule has 0 bridgehead atoms. The Morgan fingerprint density at radius 1 is 1.04 bits per heavy atom. The molecular formula is C18H18ClN3O3. The normalized spacial score (nSPS) is 14.4. The summed E-state index contributed by atoms with van der Waals surface area (Å²) in [6.45, 7) is 2.74. The second-order valence-electron chi connectivity index (χ2n) is 5.92. The predicted octanol–water partition coefficient (Wildman–Crippen LogP) is 3.14. The second-order valence-corrected chi connectivity index (χ2v) is 6.33. The molecule has 0 atom stereocenters. The smallest absolute Gasteiger partial charge is 0.269 e. The van der Waals surface area contributed by atoms with Gasteiger partial charge in [0.25, 0.3) is 5.69 Å². The third kappa shape index (κ3) is 4.09. The number of hydrogen-bond donors (Lipinski definition) is 0. The summed E-state index contributed by atoms with van der Waals surface area (Å²) in [6.07, 6.45) is 0.254. The molecule has 1 fully saturated rings. The van der Waals surface area contributed by atoms with E-state index < -0.39 is 4.92 Å². The molecule has 2 aromatic carbocycles. The van der Waals surface area contributed by atoms with Crippen LogP contribution in [0.15, 0.2) is 48.5 Å². The van der Waals surface area contributed by atoms with Gasteiger partial charge in [-0.25, -0.2) is 0 Å². The SMILES string of the molecule is O=C(Cc1ccc([N+](=O)[O-])cc1)N1CCN(c2ccccc2Cl)CC1. The Morgan fingerprint density at radius 2 is 1.68 bits per heavy atom. The molecule has 1 saturated heterocycles. The van der Waals surface area contributed by atoms with E-state index in [0.717, 1.165) is 24.3 Å². The van der Waals surface area contributed by atoms with E-state index in [1.54, 1.807) is 12.1 Å². The highest BCUT2D eigenvalue weighted by Gasteiger charge is 2.22. The van der Waals surface area contributed by atoms with Crippen LogP contribution in [0.1, 0.15) is 5.56 Å². The number of nitro benzene ring substituents is 1. The third-order valence-electron chi connectivity index (χ3n) is 4.33. The molecule has 130 valence electrons.